The third kappa shape index (κ3) is 3.40. The zero-order valence-electron chi connectivity index (χ0n) is 13.6. The third-order valence-electron chi connectivity index (χ3n) is 3.78. The van der Waals surface area contributed by atoms with Gasteiger partial charge in [0.15, 0.2) is 0 Å². The largest absolute Gasteiger partial charge is 0.360 e. The second-order valence-electron chi connectivity index (χ2n) is 5.57. The van der Waals surface area contributed by atoms with E-state index < -0.39 is 20.0 Å². The molecule has 1 heterocycles. The van der Waals surface area contributed by atoms with Gasteiger partial charge < -0.3 is 4.52 Å². The first-order valence-corrected chi connectivity index (χ1v) is 10.4. The Morgan fingerprint density at radius 3 is 2.08 bits per heavy atom. The minimum Gasteiger partial charge on any atom is -0.360 e. The molecule has 1 aromatic heterocycles. The van der Waals surface area contributed by atoms with Crippen molar-refractivity contribution in [2.45, 2.75) is 16.7 Å². The average molecular weight is 393 g/mol. The molecule has 3 rings (SSSR count). The van der Waals surface area contributed by atoms with Gasteiger partial charge in [0, 0.05) is 5.56 Å². The van der Waals surface area contributed by atoms with Gasteiger partial charge in [0.25, 0.3) is 0 Å². The molecule has 0 amide bonds. The molecule has 0 fully saturated rings. The van der Waals surface area contributed by atoms with Crippen molar-refractivity contribution in [1.29, 1.82) is 0 Å². The van der Waals surface area contributed by atoms with Gasteiger partial charge in [-0.25, -0.2) is 27.1 Å². The summed E-state index contributed by atoms with van der Waals surface area (Å²) in [5, 5.41) is 14.4. The van der Waals surface area contributed by atoms with Crippen LogP contribution in [0.25, 0.3) is 22.4 Å². The molecule has 0 saturated heterocycles. The number of benzene rings is 2. The van der Waals surface area contributed by atoms with Gasteiger partial charge >= 0.3 is 0 Å². The van der Waals surface area contributed by atoms with Crippen LogP contribution in [-0.2, 0) is 20.0 Å². The standard InChI is InChI=1S/C16H15N3O5S2/c1-10-15(11-6-8-12(9-7-11)25(17,20)21)16(19-24-10)13-4-2-3-5-14(13)26(18,22)23/h2-9H,1H3,(H2,17,20,21)(H2,18,22,23). The molecule has 4 N–H and O–H groups in total. The molecule has 3 aromatic rings. The fraction of sp³-hybridized carbons (Fsp3) is 0.0625. The Kier molecular flexibility index (Phi) is 4.44. The highest BCUT2D eigenvalue weighted by Crippen LogP contribution is 2.37. The lowest BCUT2D eigenvalue weighted by Gasteiger charge is -2.08. The predicted octanol–water partition coefficient (Wildman–Crippen LogP) is 1.61. The summed E-state index contributed by atoms with van der Waals surface area (Å²) in [7, 11) is -7.80. The van der Waals surface area contributed by atoms with Crippen molar-refractivity contribution >= 4 is 20.0 Å². The first-order valence-electron chi connectivity index (χ1n) is 7.31. The molecule has 0 saturated carbocycles. The fourth-order valence-electron chi connectivity index (χ4n) is 2.62. The Bertz CT molecular complexity index is 1180. The normalized spacial score (nSPS) is 12.3. The van der Waals surface area contributed by atoms with Crippen molar-refractivity contribution in [1.82, 2.24) is 5.16 Å². The van der Waals surface area contributed by atoms with E-state index in [1.165, 1.54) is 18.2 Å². The van der Waals surface area contributed by atoms with Crippen LogP contribution >= 0.6 is 0 Å². The van der Waals surface area contributed by atoms with E-state index in [1.54, 1.807) is 37.3 Å². The van der Waals surface area contributed by atoms with Crippen LogP contribution in [0.3, 0.4) is 0 Å². The maximum Gasteiger partial charge on any atom is 0.238 e. The Labute approximate surface area is 150 Å². The summed E-state index contributed by atoms with van der Waals surface area (Å²) in [6.45, 7) is 1.67. The van der Waals surface area contributed by atoms with Crippen LogP contribution in [0.5, 0.6) is 0 Å². The molecule has 2 aromatic carbocycles. The summed E-state index contributed by atoms with van der Waals surface area (Å²) < 4.78 is 51.8. The molecule has 0 radical (unpaired) electrons. The second kappa shape index (κ2) is 6.32. The molecular weight excluding hydrogens is 378 g/mol. The Morgan fingerprint density at radius 2 is 1.50 bits per heavy atom. The highest BCUT2D eigenvalue weighted by molar-refractivity contribution is 7.89. The summed E-state index contributed by atoms with van der Waals surface area (Å²) in [6.07, 6.45) is 0. The molecule has 0 aliphatic rings. The van der Waals surface area contributed by atoms with Crippen LogP contribution in [0.1, 0.15) is 5.76 Å². The molecule has 0 unspecified atom stereocenters. The lowest BCUT2D eigenvalue weighted by molar-refractivity contribution is 0.400. The number of rotatable bonds is 4. The van der Waals surface area contributed by atoms with E-state index in [-0.39, 0.29) is 21.0 Å². The van der Waals surface area contributed by atoms with Gasteiger partial charge in [0.05, 0.1) is 15.4 Å². The highest BCUT2D eigenvalue weighted by atomic mass is 32.2. The smallest absolute Gasteiger partial charge is 0.238 e. The maximum absolute atomic E-state index is 11.9. The number of primary sulfonamides is 2. The lowest BCUT2D eigenvalue weighted by Crippen LogP contribution is -2.13. The first kappa shape index (κ1) is 18.3. The van der Waals surface area contributed by atoms with Gasteiger partial charge in [-0.2, -0.15) is 0 Å². The van der Waals surface area contributed by atoms with Crippen molar-refractivity contribution in [2.75, 3.05) is 0 Å². The molecule has 0 aliphatic heterocycles. The van der Waals surface area contributed by atoms with Gasteiger partial charge in [0.2, 0.25) is 20.0 Å². The van der Waals surface area contributed by atoms with Gasteiger partial charge in [-0.3, -0.25) is 0 Å². The number of aromatic nitrogens is 1. The first-order chi connectivity index (χ1) is 12.1. The number of nitrogens with two attached hydrogens (primary N) is 2. The van der Waals surface area contributed by atoms with Gasteiger partial charge in [0.1, 0.15) is 11.5 Å². The van der Waals surface area contributed by atoms with Crippen molar-refractivity contribution in [3.05, 3.63) is 54.3 Å². The molecule has 0 bridgehead atoms. The van der Waals surface area contributed by atoms with Gasteiger partial charge in [-0.15, -0.1) is 0 Å². The molecule has 0 atom stereocenters. The zero-order chi connectivity index (χ0) is 19.1. The average Bonchev–Trinajstić information content (AvgIpc) is 2.95. The molecule has 0 aliphatic carbocycles. The van der Waals surface area contributed by atoms with Gasteiger partial charge in [-0.1, -0.05) is 35.5 Å². The minimum absolute atomic E-state index is 0.0400. The van der Waals surface area contributed by atoms with Crippen molar-refractivity contribution in [3.8, 4) is 22.4 Å². The molecule has 8 nitrogen and oxygen atoms in total. The Balaban J connectivity index is 2.21. The minimum atomic E-state index is -3.97. The van der Waals surface area contributed by atoms with E-state index in [4.69, 9.17) is 14.8 Å². The SMILES string of the molecule is Cc1onc(-c2ccccc2S(N)(=O)=O)c1-c1ccc(S(N)(=O)=O)cc1. The van der Waals surface area contributed by atoms with E-state index in [0.717, 1.165) is 0 Å². The maximum atomic E-state index is 11.9. The number of hydrogen-bond donors (Lipinski definition) is 2. The van der Waals surface area contributed by atoms with Crippen LogP contribution in [0.15, 0.2) is 62.8 Å². The summed E-state index contributed by atoms with van der Waals surface area (Å²) in [6, 6.07) is 11.9. The quantitative estimate of drug-likeness (QED) is 0.688. The number of nitrogens with zero attached hydrogens (tertiary/aromatic N) is 1. The van der Waals surface area contributed by atoms with Crippen molar-refractivity contribution in [3.63, 3.8) is 0 Å². The summed E-state index contributed by atoms with van der Waals surface area (Å²) in [4.78, 5) is -0.127. The number of hydrogen-bond acceptors (Lipinski definition) is 6. The lowest BCUT2D eigenvalue weighted by atomic mass is 9.99. The predicted molar refractivity (Wildman–Crippen MR) is 94.9 cm³/mol. The number of aryl methyl sites for hydroxylation is 1. The molecule has 26 heavy (non-hydrogen) atoms. The molecular formula is C16H15N3O5S2. The second-order valence-corrected chi connectivity index (χ2v) is 8.66. The van der Waals surface area contributed by atoms with Crippen LogP contribution in [0.2, 0.25) is 0 Å². The van der Waals surface area contributed by atoms with Crippen LogP contribution < -0.4 is 10.3 Å². The van der Waals surface area contributed by atoms with E-state index in [0.29, 0.717) is 16.9 Å². The summed E-state index contributed by atoms with van der Waals surface area (Å²) >= 11 is 0. The van der Waals surface area contributed by atoms with E-state index in [9.17, 15) is 16.8 Å². The zero-order valence-corrected chi connectivity index (χ0v) is 15.2. The summed E-state index contributed by atoms with van der Waals surface area (Å²) in [5.74, 6) is 0.438. The summed E-state index contributed by atoms with van der Waals surface area (Å²) in [5.41, 5.74) is 1.70. The number of sulfonamides is 2. The van der Waals surface area contributed by atoms with Crippen LogP contribution in [0, 0.1) is 6.92 Å². The van der Waals surface area contributed by atoms with E-state index in [1.807, 2.05) is 0 Å². The Morgan fingerprint density at radius 1 is 0.885 bits per heavy atom. The topological polar surface area (TPSA) is 146 Å². The third-order valence-corrected chi connectivity index (χ3v) is 5.68. The van der Waals surface area contributed by atoms with Crippen molar-refractivity contribution < 1.29 is 21.4 Å². The Hall–Kier alpha value is -2.53. The molecule has 136 valence electrons. The monoisotopic (exact) mass is 393 g/mol. The van der Waals surface area contributed by atoms with Crippen LogP contribution in [-0.4, -0.2) is 22.0 Å². The molecule has 0 spiro atoms. The molecule has 10 heteroatoms. The highest BCUT2D eigenvalue weighted by Gasteiger charge is 2.23. The van der Waals surface area contributed by atoms with Crippen LogP contribution in [0.4, 0.5) is 0 Å². The van der Waals surface area contributed by atoms with Crippen molar-refractivity contribution in [2.24, 2.45) is 10.3 Å². The van der Waals surface area contributed by atoms with E-state index in [2.05, 4.69) is 5.16 Å². The van der Waals surface area contributed by atoms with E-state index >= 15 is 0 Å². The van der Waals surface area contributed by atoms with Gasteiger partial charge in [-0.05, 0) is 30.7 Å². The fourth-order valence-corrected chi connectivity index (χ4v) is 3.87.